The number of rotatable bonds is 4. The van der Waals surface area contributed by atoms with Crippen LogP contribution in [0.4, 0.5) is 5.69 Å². The molecule has 3 aromatic rings. The minimum Gasteiger partial charge on any atom is -0.388 e. The lowest BCUT2D eigenvalue weighted by atomic mass is 9.95. The minimum absolute atomic E-state index is 0.175. The Morgan fingerprint density at radius 2 is 1.90 bits per heavy atom. The van der Waals surface area contributed by atoms with Crippen LogP contribution >= 0.6 is 0 Å². The van der Waals surface area contributed by atoms with Gasteiger partial charge in [0.2, 0.25) is 5.56 Å². The molecule has 2 saturated heterocycles. The Morgan fingerprint density at radius 3 is 2.71 bits per heavy atom. The van der Waals surface area contributed by atoms with Crippen molar-refractivity contribution in [3.8, 4) is 0 Å². The molecule has 0 radical (unpaired) electrons. The molecule has 0 amide bonds. The SMILES string of the molecule is CO[C@H]1OC2COC(c3ccccc3)O[C@H]2[C@H](O)C1Nc1ccc2ccc(=O)[nH]c2c1. The van der Waals surface area contributed by atoms with Gasteiger partial charge in [0, 0.05) is 24.4 Å². The van der Waals surface area contributed by atoms with Gasteiger partial charge in [0.05, 0.1) is 12.1 Å². The van der Waals surface area contributed by atoms with Crippen molar-refractivity contribution in [2.45, 2.75) is 36.9 Å². The third-order valence-corrected chi connectivity index (χ3v) is 5.73. The smallest absolute Gasteiger partial charge is 0.248 e. The van der Waals surface area contributed by atoms with E-state index in [1.807, 2.05) is 48.5 Å². The molecule has 0 saturated carbocycles. The molecule has 3 heterocycles. The first-order valence-corrected chi connectivity index (χ1v) is 10.2. The summed E-state index contributed by atoms with van der Waals surface area (Å²) in [5.74, 6) is 0. The predicted octanol–water partition coefficient (Wildman–Crippen LogP) is 2.16. The maximum Gasteiger partial charge on any atom is 0.248 e. The number of nitrogens with one attached hydrogen (secondary N) is 2. The molecule has 2 aliphatic rings. The fraction of sp³-hybridized carbons (Fsp3) is 0.348. The largest absolute Gasteiger partial charge is 0.388 e. The van der Waals surface area contributed by atoms with E-state index < -0.39 is 36.9 Å². The highest BCUT2D eigenvalue weighted by molar-refractivity contribution is 5.81. The molecule has 5 rings (SSSR count). The zero-order chi connectivity index (χ0) is 21.4. The van der Waals surface area contributed by atoms with Gasteiger partial charge < -0.3 is 34.4 Å². The van der Waals surface area contributed by atoms with Crippen LogP contribution in [0.2, 0.25) is 0 Å². The number of aliphatic hydroxyl groups excluding tert-OH is 1. The van der Waals surface area contributed by atoms with E-state index in [0.717, 1.165) is 10.9 Å². The van der Waals surface area contributed by atoms with E-state index in [-0.39, 0.29) is 12.2 Å². The molecular weight excluding hydrogens is 400 g/mol. The Morgan fingerprint density at radius 1 is 1.10 bits per heavy atom. The molecular formula is C23H24N2O6. The Bertz CT molecular complexity index is 1100. The lowest BCUT2D eigenvalue weighted by Crippen LogP contribution is -2.64. The molecule has 2 aromatic carbocycles. The molecule has 0 aliphatic carbocycles. The molecule has 1 aromatic heterocycles. The van der Waals surface area contributed by atoms with Gasteiger partial charge in [-0.25, -0.2) is 0 Å². The van der Waals surface area contributed by atoms with Gasteiger partial charge in [-0.15, -0.1) is 0 Å². The average Bonchev–Trinajstić information content (AvgIpc) is 2.81. The van der Waals surface area contributed by atoms with Crippen molar-refractivity contribution in [2.24, 2.45) is 0 Å². The van der Waals surface area contributed by atoms with Crippen LogP contribution in [0, 0.1) is 0 Å². The minimum atomic E-state index is -0.913. The molecule has 0 bridgehead atoms. The molecule has 2 aliphatic heterocycles. The molecule has 2 fully saturated rings. The molecule has 6 atom stereocenters. The van der Waals surface area contributed by atoms with Crippen molar-refractivity contribution in [3.63, 3.8) is 0 Å². The summed E-state index contributed by atoms with van der Waals surface area (Å²) < 4.78 is 23.4. The molecule has 3 N–H and O–H groups in total. The second-order valence-corrected chi connectivity index (χ2v) is 7.74. The first-order valence-electron chi connectivity index (χ1n) is 10.2. The summed E-state index contributed by atoms with van der Waals surface area (Å²) in [6.45, 7) is 0.283. The van der Waals surface area contributed by atoms with E-state index in [9.17, 15) is 9.90 Å². The van der Waals surface area contributed by atoms with E-state index in [0.29, 0.717) is 11.2 Å². The van der Waals surface area contributed by atoms with Gasteiger partial charge in [0.1, 0.15) is 24.4 Å². The van der Waals surface area contributed by atoms with Gasteiger partial charge in [-0.3, -0.25) is 4.79 Å². The number of hydrogen-bond acceptors (Lipinski definition) is 7. The molecule has 162 valence electrons. The molecule has 31 heavy (non-hydrogen) atoms. The first-order chi connectivity index (χ1) is 15.1. The zero-order valence-electron chi connectivity index (χ0n) is 16.9. The van der Waals surface area contributed by atoms with Crippen LogP contribution in [0.25, 0.3) is 10.9 Å². The monoisotopic (exact) mass is 424 g/mol. The topological polar surface area (TPSA) is 102 Å². The molecule has 8 nitrogen and oxygen atoms in total. The summed E-state index contributed by atoms with van der Waals surface area (Å²) in [6.07, 6.45) is -3.24. The predicted molar refractivity (Wildman–Crippen MR) is 114 cm³/mol. The second-order valence-electron chi connectivity index (χ2n) is 7.74. The standard InChI is InChI=1S/C23H24N2O6/c1-28-23-19(24-15-9-7-13-8-10-18(26)25-16(13)11-15)20(27)21-17(30-23)12-29-22(31-21)14-5-3-2-4-6-14/h2-11,17,19-24,27H,12H2,1H3,(H,25,26)/t17?,19?,20-,21-,22?,23+/m1/s1. The highest BCUT2D eigenvalue weighted by atomic mass is 16.7. The molecule has 0 spiro atoms. The van der Waals surface area contributed by atoms with Gasteiger partial charge in [-0.1, -0.05) is 36.4 Å². The number of aliphatic hydroxyl groups is 1. The van der Waals surface area contributed by atoms with Crippen LogP contribution in [-0.2, 0) is 18.9 Å². The summed E-state index contributed by atoms with van der Waals surface area (Å²) in [6, 6.07) is 17.8. The Labute approximate surface area is 178 Å². The lowest BCUT2D eigenvalue weighted by molar-refractivity contribution is -0.337. The number of fused-ring (bicyclic) bond motifs is 2. The highest BCUT2D eigenvalue weighted by Gasteiger charge is 2.49. The van der Waals surface area contributed by atoms with Crippen LogP contribution in [0.3, 0.4) is 0 Å². The van der Waals surface area contributed by atoms with Gasteiger partial charge in [-0.2, -0.15) is 0 Å². The van der Waals surface area contributed by atoms with Crippen LogP contribution < -0.4 is 10.9 Å². The Kier molecular flexibility index (Phi) is 5.47. The number of pyridine rings is 1. The van der Waals surface area contributed by atoms with Gasteiger partial charge in [0.25, 0.3) is 0 Å². The Balaban J connectivity index is 1.38. The van der Waals surface area contributed by atoms with Crippen LogP contribution in [0.5, 0.6) is 0 Å². The van der Waals surface area contributed by atoms with Crippen molar-refractivity contribution in [2.75, 3.05) is 19.0 Å². The summed E-state index contributed by atoms with van der Waals surface area (Å²) >= 11 is 0. The fourth-order valence-corrected chi connectivity index (χ4v) is 4.16. The van der Waals surface area contributed by atoms with Gasteiger partial charge >= 0.3 is 0 Å². The number of methoxy groups -OCH3 is 1. The van der Waals surface area contributed by atoms with Crippen molar-refractivity contribution < 1.29 is 24.1 Å². The van der Waals surface area contributed by atoms with Crippen LogP contribution in [-0.4, -0.2) is 54.5 Å². The van der Waals surface area contributed by atoms with Crippen LogP contribution in [0.1, 0.15) is 11.9 Å². The van der Waals surface area contributed by atoms with Crippen LogP contribution in [0.15, 0.2) is 65.5 Å². The second kappa shape index (κ2) is 8.41. The van der Waals surface area contributed by atoms with Gasteiger partial charge in [0.15, 0.2) is 12.6 Å². The number of anilines is 1. The van der Waals surface area contributed by atoms with E-state index in [4.69, 9.17) is 18.9 Å². The number of benzene rings is 2. The summed E-state index contributed by atoms with van der Waals surface area (Å²) in [5, 5.41) is 15.4. The normalized spacial score (nSPS) is 30.6. The number of aromatic nitrogens is 1. The van der Waals surface area contributed by atoms with E-state index in [1.54, 1.807) is 6.07 Å². The van der Waals surface area contributed by atoms with Crippen molar-refractivity contribution in [3.05, 3.63) is 76.6 Å². The van der Waals surface area contributed by atoms with Gasteiger partial charge in [-0.05, 0) is 23.6 Å². The molecule has 3 unspecified atom stereocenters. The fourth-order valence-electron chi connectivity index (χ4n) is 4.16. The van der Waals surface area contributed by atoms with Crippen molar-refractivity contribution in [1.82, 2.24) is 4.98 Å². The number of ether oxygens (including phenoxy) is 4. The number of H-pyrrole nitrogens is 1. The third kappa shape index (κ3) is 3.96. The molecule has 8 heteroatoms. The third-order valence-electron chi connectivity index (χ3n) is 5.73. The quantitative estimate of drug-likeness (QED) is 0.590. The van der Waals surface area contributed by atoms with Crippen molar-refractivity contribution >= 4 is 16.6 Å². The number of aromatic amines is 1. The maximum absolute atomic E-state index is 11.7. The lowest BCUT2D eigenvalue weighted by Gasteiger charge is -2.47. The summed E-state index contributed by atoms with van der Waals surface area (Å²) in [7, 11) is 1.53. The van der Waals surface area contributed by atoms with E-state index >= 15 is 0 Å². The van der Waals surface area contributed by atoms with E-state index in [2.05, 4.69) is 10.3 Å². The van der Waals surface area contributed by atoms with Crippen molar-refractivity contribution in [1.29, 1.82) is 0 Å². The van der Waals surface area contributed by atoms with E-state index in [1.165, 1.54) is 13.2 Å². The summed E-state index contributed by atoms with van der Waals surface area (Å²) in [5.41, 5.74) is 2.12. The average molecular weight is 424 g/mol. The summed E-state index contributed by atoms with van der Waals surface area (Å²) in [4.78, 5) is 14.5. The first kappa shape index (κ1) is 20.2. The maximum atomic E-state index is 11.7. The highest BCUT2D eigenvalue weighted by Crippen LogP contribution is 2.35. The number of hydrogen-bond donors (Lipinski definition) is 3. The Hall–Kier alpha value is -2.75. The zero-order valence-corrected chi connectivity index (χ0v) is 16.9.